The van der Waals surface area contributed by atoms with Crippen LogP contribution >= 0.6 is 0 Å². The number of carbonyl (C=O) groups excluding carboxylic acids is 1. The molecule has 1 aliphatic carbocycles. The van der Waals surface area contributed by atoms with Gasteiger partial charge >= 0.3 is 0 Å². The minimum Gasteiger partial charge on any atom is -0.342 e. The largest absolute Gasteiger partial charge is 0.342 e. The SMILES string of the molecule is CNCCCC(=O)N1CCCC(c2noc(C3CC3)n2)C1. The lowest BCUT2D eigenvalue weighted by atomic mass is 9.97. The fourth-order valence-corrected chi connectivity index (χ4v) is 2.90. The smallest absolute Gasteiger partial charge is 0.229 e. The van der Waals surface area contributed by atoms with Crippen LogP contribution in [0.3, 0.4) is 0 Å². The van der Waals surface area contributed by atoms with Crippen LogP contribution in [0.5, 0.6) is 0 Å². The van der Waals surface area contributed by atoms with Gasteiger partial charge in [0.05, 0.1) is 0 Å². The maximum Gasteiger partial charge on any atom is 0.229 e. The highest BCUT2D eigenvalue weighted by Gasteiger charge is 2.32. The molecule has 6 nitrogen and oxygen atoms in total. The molecular formula is C15H24N4O2. The molecule has 1 unspecified atom stereocenters. The summed E-state index contributed by atoms with van der Waals surface area (Å²) in [7, 11) is 1.91. The summed E-state index contributed by atoms with van der Waals surface area (Å²) in [6.45, 7) is 2.49. The molecule has 2 aliphatic rings. The minimum absolute atomic E-state index is 0.239. The molecule has 1 N–H and O–H groups in total. The Morgan fingerprint density at radius 2 is 2.24 bits per heavy atom. The van der Waals surface area contributed by atoms with E-state index < -0.39 is 0 Å². The summed E-state index contributed by atoms with van der Waals surface area (Å²) in [5, 5.41) is 7.21. The minimum atomic E-state index is 0.239. The number of nitrogens with one attached hydrogen (secondary N) is 1. The first-order valence-corrected chi connectivity index (χ1v) is 8.04. The van der Waals surface area contributed by atoms with Gasteiger partial charge in [-0.25, -0.2) is 0 Å². The Bertz CT molecular complexity index is 484. The molecule has 1 aliphatic heterocycles. The van der Waals surface area contributed by atoms with Crippen molar-refractivity contribution in [3.8, 4) is 0 Å². The van der Waals surface area contributed by atoms with Crippen molar-refractivity contribution in [1.82, 2.24) is 20.4 Å². The molecule has 0 spiro atoms. The van der Waals surface area contributed by atoms with E-state index in [1.165, 1.54) is 12.8 Å². The van der Waals surface area contributed by atoms with Crippen LogP contribution in [0.4, 0.5) is 0 Å². The van der Waals surface area contributed by atoms with Crippen molar-refractivity contribution in [2.75, 3.05) is 26.7 Å². The molecule has 1 aromatic rings. The van der Waals surface area contributed by atoms with Gasteiger partial charge in [-0.15, -0.1) is 0 Å². The first-order chi connectivity index (χ1) is 10.3. The number of carbonyl (C=O) groups is 1. The maximum absolute atomic E-state index is 12.2. The molecule has 2 heterocycles. The highest BCUT2D eigenvalue weighted by molar-refractivity contribution is 5.76. The van der Waals surface area contributed by atoms with E-state index in [0.717, 1.165) is 50.6 Å². The Kier molecular flexibility index (Phi) is 4.53. The summed E-state index contributed by atoms with van der Waals surface area (Å²) in [6.07, 6.45) is 5.92. The van der Waals surface area contributed by atoms with Gasteiger partial charge in [-0.2, -0.15) is 4.98 Å². The molecular weight excluding hydrogens is 268 g/mol. The van der Waals surface area contributed by atoms with Crippen LogP contribution < -0.4 is 5.32 Å². The third-order valence-corrected chi connectivity index (χ3v) is 4.34. The van der Waals surface area contributed by atoms with Crippen molar-refractivity contribution >= 4 is 5.91 Å². The van der Waals surface area contributed by atoms with Gasteiger partial charge in [0.15, 0.2) is 5.82 Å². The van der Waals surface area contributed by atoms with E-state index in [1.807, 2.05) is 11.9 Å². The molecule has 1 aromatic heterocycles. The molecule has 116 valence electrons. The van der Waals surface area contributed by atoms with Crippen LogP contribution in [-0.4, -0.2) is 47.6 Å². The van der Waals surface area contributed by atoms with E-state index in [4.69, 9.17) is 4.52 Å². The molecule has 0 bridgehead atoms. The number of piperidine rings is 1. The normalized spacial score (nSPS) is 22.5. The maximum atomic E-state index is 12.2. The Morgan fingerprint density at radius 3 is 3.00 bits per heavy atom. The first-order valence-electron chi connectivity index (χ1n) is 8.04. The number of rotatable bonds is 6. The van der Waals surface area contributed by atoms with E-state index >= 15 is 0 Å². The quantitative estimate of drug-likeness (QED) is 0.807. The van der Waals surface area contributed by atoms with Crippen molar-refractivity contribution in [1.29, 1.82) is 0 Å². The molecule has 2 fully saturated rings. The molecule has 3 rings (SSSR count). The average molecular weight is 292 g/mol. The number of aromatic nitrogens is 2. The van der Waals surface area contributed by atoms with Gasteiger partial charge in [-0.05, 0) is 45.7 Å². The summed E-state index contributed by atoms with van der Waals surface area (Å²) in [6, 6.07) is 0. The molecule has 1 saturated heterocycles. The van der Waals surface area contributed by atoms with Gasteiger partial charge in [-0.1, -0.05) is 5.16 Å². The van der Waals surface area contributed by atoms with Crippen molar-refractivity contribution in [3.63, 3.8) is 0 Å². The summed E-state index contributed by atoms with van der Waals surface area (Å²) in [5.41, 5.74) is 0. The third-order valence-electron chi connectivity index (χ3n) is 4.34. The Morgan fingerprint density at radius 1 is 1.38 bits per heavy atom. The predicted molar refractivity (Wildman–Crippen MR) is 78.0 cm³/mol. The third kappa shape index (κ3) is 3.61. The van der Waals surface area contributed by atoms with Crippen molar-refractivity contribution in [2.24, 2.45) is 0 Å². The van der Waals surface area contributed by atoms with E-state index in [9.17, 15) is 4.79 Å². The summed E-state index contributed by atoms with van der Waals surface area (Å²) < 4.78 is 5.34. The van der Waals surface area contributed by atoms with Crippen LogP contribution in [0, 0.1) is 0 Å². The molecule has 1 atom stereocenters. The van der Waals surface area contributed by atoms with Crippen LogP contribution in [0.25, 0.3) is 0 Å². The van der Waals surface area contributed by atoms with Gasteiger partial charge in [0.25, 0.3) is 0 Å². The van der Waals surface area contributed by atoms with Gasteiger partial charge in [0.1, 0.15) is 0 Å². The fraction of sp³-hybridized carbons (Fsp3) is 0.800. The van der Waals surface area contributed by atoms with Crippen molar-refractivity contribution in [2.45, 2.75) is 50.4 Å². The molecule has 6 heteroatoms. The Hall–Kier alpha value is -1.43. The zero-order valence-electron chi connectivity index (χ0n) is 12.7. The zero-order valence-corrected chi connectivity index (χ0v) is 12.7. The van der Waals surface area contributed by atoms with Gasteiger partial charge < -0.3 is 14.7 Å². The van der Waals surface area contributed by atoms with E-state index in [2.05, 4.69) is 15.5 Å². The van der Waals surface area contributed by atoms with E-state index in [-0.39, 0.29) is 11.8 Å². The second kappa shape index (κ2) is 6.56. The summed E-state index contributed by atoms with van der Waals surface area (Å²) in [5.74, 6) is 2.57. The van der Waals surface area contributed by atoms with Crippen molar-refractivity contribution in [3.05, 3.63) is 11.7 Å². The highest BCUT2D eigenvalue weighted by atomic mass is 16.5. The van der Waals surface area contributed by atoms with Crippen LogP contribution in [0.15, 0.2) is 4.52 Å². The topological polar surface area (TPSA) is 71.3 Å². The Balaban J connectivity index is 1.55. The Labute approximate surface area is 125 Å². The second-order valence-electron chi connectivity index (χ2n) is 6.15. The highest BCUT2D eigenvalue weighted by Crippen LogP contribution is 2.39. The van der Waals surface area contributed by atoms with E-state index in [1.54, 1.807) is 0 Å². The lowest BCUT2D eigenvalue weighted by Gasteiger charge is -2.31. The van der Waals surface area contributed by atoms with Gasteiger partial charge in [-0.3, -0.25) is 4.79 Å². The monoisotopic (exact) mass is 292 g/mol. The summed E-state index contributed by atoms with van der Waals surface area (Å²) in [4.78, 5) is 18.7. The zero-order chi connectivity index (χ0) is 14.7. The average Bonchev–Trinajstić information content (AvgIpc) is 3.25. The molecule has 1 saturated carbocycles. The summed E-state index contributed by atoms with van der Waals surface area (Å²) >= 11 is 0. The predicted octanol–water partition coefficient (Wildman–Crippen LogP) is 1.65. The lowest BCUT2D eigenvalue weighted by Crippen LogP contribution is -2.39. The number of hydrogen-bond donors (Lipinski definition) is 1. The number of hydrogen-bond acceptors (Lipinski definition) is 5. The lowest BCUT2D eigenvalue weighted by molar-refractivity contribution is -0.132. The standard InChI is InChI=1S/C15H24N4O2/c1-16-8-2-5-13(20)19-9-3-4-12(10-19)14-17-15(21-18-14)11-6-7-11/h11-12,16H,2-10H2,1H3. The second-order valence-corrected chi connectivity index (χ2v) is 6.15. The van der Waals surface area contributed by atoms with Gasteiger partial charge in [0, 0.05) is 31.3 Å². The van der Waals surface area contributed by atoms with E-state index in [0.29, 0.717) is 12.3 Å². The van der Waals surface area contributed by atoms with Gasteiger partial charge in [0.2, 0.25) is 11.8 Å². The fourth-order valence-electron chi connectivity index (χ4n) is 2.90. The van der Waals surface area contributed by atoms with Crippen LogP contribution in [0.2, 0.25) is 0 Å². The number of nitrogens with zero attached hydrogens (tertiary/aromatic N) is 3. The molecule has 0 aromatic carbocycles. The van der Waals surface area contributed by atoms with Crippen LogP contribution in [-0.2, 0) is 4.79 Å². The molecule has 0 radical (unpaired) electrons. The molecule has 1 amide bonds. The number of likely N-dealkylation sites (tertiary alicyclic amines) is 1. The van der Waals surface area contributed by atoms with Crippen LogP contribution in [0.1, 0.15) is 62.1 Å². The van der Waals surface area contributed by atoms with Crippen molar-refractivity contribution < 1.29 is 9.32 Å². The first kappa shape index (κ1) is 14.5. The molecule has 21 heavy (non-hydrogen) atoms. The number of amides is 1.